The van der Waals surface area contributed by atoms with Crippen LogP contribution in [0.2, 0.25) is 0 Å². The van der Waals surface area contributed by atoms with E-state index < -0.39 is 6.96 Å². The van der Waals surface area contributed by atoms with Gasteiger partial charge in [-0.1, -0.05) is 32.6 Å². The van der Waals surface area contributed by atoms with Crippen molar-refractivity contribution in [2.75, 3.05) is 31.3 Å². The maximum absolute atomic E-state index is 5.48. The highest BCUT2D eigenvalue weighted by atomic mass is 32.1. The molecule has 22 heavy (non-hydrogen) atoms. The number of thiol groups is 2. The van der Waals surface area contributed by atoms with Gasteiger partial charge in [-0.15, -0.1) is 0 Å². The van der Waals surface area contributed by atoms with Crippen molar-refractivity contribution in [3.63, 3.8) is 0 Å². The highest BCUT2D eigenvalue weighted by Gasteiger charge is 2.45. The molecule has 0 bridgehead atoms. The van der Waals surface area contributed by atoms with E-state index in [1.807, 2.05) is 0 Å². The SMILES string of the molecule is CCCCCCCC[NH3+].SCC1CO[B-]2(OCC(CS)O2)O1. The lowest BCUT2D eigenvalue weighted by Crippen LogP contribution is -2.50. The van der Waals surface area contributed by atoms with Crippen molar-refractivity contribution in [1.82, 2.24) is 0 Å². The Hall–Kier alpha value is 0.565. The lowest BCUT2D eigenvalue weighted by Gasteiger charge is -2.28. The highest BCUT2D eigenvalue weighted by molar-refractivity contribution is 7.80. The van der Waals surface area contributed by atoms with Gasteiger partial charge < -0.3 is 24.4 Å². The summed E-state index contributed by atoms with van der Waals surface area (Å²) in [7, 11) is 0. The van der Waals surface area contributed by atoms with E-state index in [9.17, 15) is 0 Å². The molecule has 2 saturated heterocycles. The van der Waals surface area contributed by atoms with Crippen LogP contribution in [-0.4, -0.2) is 50.4 Å². The van der Waals surface area contributed by atoms with Gasteiger partial charge in [0.05, 0.1) is 6.54 Å². The van der Waals surface area contributed by atoms with Crippen molar-refractivity contribution in [2.45, 2.75) is 57.7 Å². The van der Waals surface area contributed by atoms with Crippen LogP contribution in [0.5, 0.6) is 0 Å². The normalized spacial score (nSPS) is 30.5. The fraction of sp³-hybridized carbons (Fsp3) is 1.00. The van der Waals surface area contributed by atoms with Gasteiger partial charge in [0.15, 0.2) is 0 Å². The first-order valence-corrected chi connectivity index (χ1v) is 9.73. The predicted octanol–water partition coefficient (Wildman–Crippen LogP) is 1.70. The van der Waals surface area contributed by atoms with Crippen LogP contribution >= 0.6 is 25.3 Å². The van der Waals surface area contributed by atoms with Gasteiger partial charge in [-0.2, -0.15) is 25.3 Å². The molecule has 2 atom stereocenters. The molecule has 2 aliphatic rings. The van der Waals surface area contributed by atoms with Crippen molar-refractivity contribution in [1.29, 1.82) is 0 Å². The van der Waals surface area contributed by atoms with Crippen LogP contribution < -0.4 is 5.73 Å². The summed E-state index contributed by atoms with van der Waals surface area (Å²) in [5.41, 5.74) is 3.80. The molecule has 3 N–H and O–H groups in total. The molecule has 0 aromatic heterocycles. The van der Waals surface area contributed by atoms with Crippen molar-refractivity contribution in [3.8, 4) is 0 Å². The van der Waals surface area contributed by atoms with Crippen molar-refractivity contribution < 1.29 is 24.4 Å². The third-order valence-corrected chi connectivity index (χ3v) is 4.52. The van der Waals surface area contributed by atoms with E-state index in [-0.39, 0.29) is 12.2 Å². The van der Waals surface area contributed by atoms with Crippen LogP contribution in [0.1, 0.15) is 45.4 Å². The van der Waals surface area contributed by atoms with Gasteiger partial charge in [0, 0.05) is 36.9 Å². The summed E-state index contributed by atoms with van der Waals surface area (Å²) in [6, 6.07) is 0. The smallest absolute Gasteiger partial charge is 0.517 e. The number of rotatable bonds is 8. The minimum atomic E-state index is -1.93. The van der Waals surface area contributed by atoms with Crippen LogP contribution in [0.3, 0.4) is 0 Å². The van der Waals surface area contributed by atoms with E-state index in [0.717, 1.165) is 6.54 Å². The fourth-order valence-corrected chi connectivity index (χ4v) is 2.77. The molecule has 0 aromatic carbocycles. The summed E-state index contributed by atoms with van der Waals surface area (Å²) in [5, 5.41) is 0. The maximum Gasteiger partial charge on any atom is 0.531 e. The van der Waals surface area contributed by atoms with E-state index in [0.29, 0.717) is 24.7 Å². The van der Waals surface area contributed by atoms with Crippen LogP contribution in [0.15, 0.2) is 0 Å². The average Bonchev–Trinajstić information content (AvgIpc) is 3.15. The molecule has 5 nitrogen and oxygen atoms in total. The average molecular weight is 353 g/mol. The Morgan fingerprint density at radius 3 is 1.82 bits per heavy atom. The molecule has 8 heteroatoms. The Bertz CT molecular complexity index is 264. The van der Waals surface area contributed by atoms with Crippen molar-refractivity contribution >= 4 is 32.2 Å². The van der Waals surface area contributed by atoms with E-state index in [1.54, 1.807) is 0 Å². The topological polar surface area (TPSA) is 64.6 Å². The van der Waals surface area contributed by atoms with Gasteiger partial charge in [0.25, 0.3) is 0 Å². The molecule has 0 aromatic rings. The molecule has 2 rings (SSSR count). The molecule has 1 spiro atoms. The zero-order valence-corrected chi connectivity index (χ0v) is 15.5. The van der Waals surface area contributed by atoms with Crippen LogP contribution in [-0.2, 0) is 18.6 Å². The number of hydrogen-bond acceptors (Lipinski definition) is 6. The quantitative estimate of drug-likeness (QED) is 0.353. The monoisotopic (exact) mass is 353 g/mol. The minimum Gasteiger partial charge on any atom is -0.517 e. The second kappa shape index (κ2) is 12.0. The van der Waals surface area contributed by atoms with E-state index in [4.69, 9.17) is 18.6 Å². The maximum atomic E-state index is 5.48. The van der Waals surface area contributed by atoms with Crippen LogP contribution in [0, 0.1) is 0 Å². The van der Waals surface area contributed by atoms with Gasteiger partial charge in [-0.3, -0.25) is 0 Å². The third-order valence-electron chi connectivity index (χ3n) is 3.70. The van der Waals surface area contributed by atoms with Gasteiger partial charge in [0.1, 0.15) is 0 Å². The zero-order chi connectivity index (χ0) is 16.3. The summed E-state index contributed by atoms with van der Waals surface area (Å²) in [4.78, 5) is 0. The molecule has 2 unspecified atom stereocenters. The lowest BCUT2D eigenvalue weighted by molar-refractivity contribution is -0.368. The van der Waals surface area contributed by atoms with Gasteiger partial charge in [0.2, 0.25) is 0 Å². The molecule has 2 heterocycles. The first kappa shape index (κ1) is 20.6. The number of unbranched alkanes of at least 4 members (excludes halogenated alkanes) is 5. The molecule has 0 aliphatic carbocycles. The van der Waals surface area contributed by atoms with Gasteiger partial charge >= 0.3 is 6.96 Å². The zero-order valence-electron chi connectivity index (χ0n) is 13.7. The summed E-state index contributed by atoms with van der Waals surface area (Å²) >= 11 is 8.23. The van der Waals surface area contributed by atoms with Gasteiger partial charge in [-0.05, 0) is 12.8 Å². The molecular formula is C14H32BNO4S2. The summed E-state index contributed by atoms with van der Waals surface area (Å²) in [6.07, 6.45) is 8.28. The second-order valence-electron chi connectivity index (χ2n) is 5.75. The Morgan fingerprint density at radius 1 is 0.909 bits per heavy atom. The summed E-state index contributed by atoms with van der Waals surface area (Å²) < 4.78 is 21.7. The summed E-state index contributed by atoms with van der Waals surface area (Å²) in [5.74, 6) is 1.23. The second-order valence-corrected chi connectivity index (χ2v) is 6.48. The predicted molar refractivity (Wildman–Crippen MR) is 96.2 cm³/mol. The van der Waals surface area contributed by atoms with Crippen molar-refractivity contribution in [3.05, 3.63) is 0 Å². The molecule has 0 radical (unpaired) electrons. The Labute approximate surface area is 145 Å². The minimum absolute atomic E-state index is 0.0259. The molecule has 0 amide bonds. The fourth-order valence-electron chi connectivity index (χ4n) is 2.39. The Kier molecular flexibility index (Phi) is 11.2. The largest absolute Gasteiger partial charge is 0.531 e. The first-order chi connectivity index (χ1) is 10.7. The Balaban J connectivity index is 0.000000239. The van der Waals surface area contributed by atoms with E-state index >= 15 is 0 Å². The Morgan fingerprint density at radius 2 is 1.41 bits per heavy atom. The highest BCUT2D eigenvalue weighted by Crippen LogP contribution is 2.29. The van der Waals surface area contributed by atoms with E-state index in [2.05, 4.69) is 37.9 Å². The summed E-state index contributed by atoms with van der Waals surface area (Å²) in [6.45, 7) is 2.42. The first-order valence-electron chi connectivity index (χ1n) is 8.46. The van der Waals surface area contributed by atoms with Crippen LogP contribution in [0.25, 0.3) is 0 Å². The van der Waals surface area contributed by atoms with Crippen LogP contribution in [0.4, 0.5) is 0 Å². The van der Waals surface area contributed by atoms with Gasteiger partial charge in [-0.25, -0.2) is 0 Å². The molecule has 2 aliphatic heterocycles. The van der Waals surface area contributed by atoms with Crippen molar-refractivity contribution in [2.24, 2.45) is 0 Å². The standard InChI is InChI=1S/C8H19N.C6H12BO4S2/c1-2-3-4-5-6-7-8-9;12-3-5-1-8-7(10-5)9-2-6(4-13)11-7/h2-9H2,1H3;5-6,12-13H,1-4H2/q;-1/p+1. The number of hydrogen-bond donors (Lipinski definition) is 3. The molecule has 0 saturated carbocycles. The molecule has 132 valence electrons. The van der Waals surface area contributed by atoms with E-state index in [1.165, 1.54) is 38.5 Å². The number of quaternary nitrogens is 1. The third kappa shape index (κ3) is 7.42. The molecule has 2 fully saturated rings. The lowest BCUT2D eigenvalue weighted by atomic mass is 10.1. The molecular weight excluding hydrogens is 321 g/mol.